The fourth-order valence-electron chi connectivity index (χ4n) is 1.70. The Morgan fingerprint density at radius 3 is 2.82 bits per heavy atom. The number of nitrogens with one attached hydrogen (secondary N) is 1. The normalized spacial score (nSPS) is 18.4. The lowest BCUT2D eigenvalue weighted by molar-refractivity contribution is 0.0529. The first kappa shape index (κ1) is 14.4. The van der Waals surface area contributed by atoms with E-state index < -0.39 is 5.60 Å². The van der Waals surface area contributed by atoms with E-state index in [9.17, 15) is 5.11 Å². The predicted octanol–water partition coefficient (Wildman–Crippen LogP) is 3.15. The second kappa shape index (κ2) is 6.34. The zero-order valence-electron chi connectivity index (χ0n) is 10.9. The van der Waals surface area contributed by atoms with Gasteiger partial charge in [-0.25, -0.2) is 0 Å². The molecular weight excluding hydrogens is 230 g/mol. The summed E-state index contributed by atoms with van der Waals surface area (Å²) in [7, 11) is 0. The molecule has 1 rings (SSSR count). The van der Waals surface area contributed by atoms with Crippen molar-refractivity contribution in [2.24, 2.45) is 5.92 Å². The third-order valence-corrected chi connectivity index (χ3v) is 3.99. The van der Waals surface area contributed by atoms with Gasteiger partial charge in [-0.2, -0.15) is 11.3 Å². The van der Waals surface area contributed by atoms with Crippen LogP contribution in [0.2, 0.25) is 0 Å². The van der Waals surface area contributed by atoms with Crippen molar-refractivity contribution in [2.75, 3.05) is 6.54 Å². The Balaban J connectivity index is 2.47. The maximum Gasteiger partial charge on any atom is 0.1000 e. The smallest absolute Gasteiger partial charge is 0.1000 e. The van der Waals surface area contributed by atoms with Crippen molar-refractivity contribution in [3.63, 3.8) is 0 Å². The Morgan fingerprint density at radius 1 is 1.59 bits per heavy atom. The van der Waals surface area contributed by atoms with E-state index >= 15 is 0 Å². The van der Waals surface area contributed by atoms with Gasteiger partial charge in [-0.1, -0.05) is 13.0 Å². The highest BCUT2D eigenvalue weighted by Crippen LogP contribution is 2.22. The van der Waals surface area contributed by atoms with Crippen molar-refractivity contribution < 1.29 is 5.11 Å². The van der Waals surface area contributed by atoms with E-state index in [0.29, 0.717) is 18.5 Å². The van der Waals surface area contributed by atoms with E-state index in [1.54, 1.807) is 11.3 Å². The van der Waals surface area contributed by atoms with Gasteiger partial charge >= 0.3 is 0 Å². The van der Waals surface area contributed by atoms with Crippen LogP contribution in [0.25, 0.3) is 0 Å². The SMILES string of the molecule is C=CCC(C)C(C)NCC(C)(O)c1ccsc1. The summed E-state index contributed by atoms with van der Waals surface area (Å²) in [6, 6.07) is 2.35. The van der Waals surface area contributed by atoms with Crippen LogP contribution in [0.15, 0.2) is 29.5 Å². The second-order valence-electron chi connectivity index (χ2n) is 4.96. The summed E-state index contributed by atoms with van der Waals surface area (Å²) >= 11 is 1.61. The van der Waals surface area contributed by atoms with E-state index in [-0.39, 0.29) is 0 Å². The summed E-state index contributed by atoms with van der Waals surface area (Å²) in [5.41, 5.74) is 0.195. The highest BCUT2D eigenvalue weighted by Gasteiger charge is 2.24. The minimum absolute atomic E-state index is 0.373. The molecule has 96 valence electrons. The van der Waals surface area contributed by atoms with Gasteiger partial charge < -0.3 is 10.4 Å². The molecule has 2 N–H and O–H groups in total. The first-order valence-corrected chi connectivity index (χ1v) is 7.01. The maximum absolute atomic E-state index is 10.4. The number of allylic oxidation sites excluding steroid dienone is 1. The molecule has 0 aliphatic carbocycles. The minimum Gasteiger partial charge on any atom is -0.384 e. The number of rotatable bonds is 7. The molecule has 3 heteroatoms. The summed E-state index contributed by atoms with van der Waals surface area (Å²) < 4.78 is 0. The topological polar surface area (TPSA) is 32.3 Å². The van der Waals surface area contributed by atoms with E-state index in [2.05, 4.69) is 25.7 Å². The lowest BCUT2D eigenvalue weighted by Crippen LogP contribution is -2.41. The van der Waals surface area contributed by atoms with Crippen molar-refractivity contribution in [2.45, 2.75) is 38.8 Å². The van der Waals surface area contributed by atoms with Crippen molar-refractivity contribution in [1.29, 1.82) is 0 Å². The molecule has 0 aromatic carbocycles. The van der Waals surface area contributed by atoms with Gasteiger partial charge in [0.15, 0.2) is 0 Å². The molecule has 1 heterocycles. The van der Waals surface area contributed by atoms with Crippen LogP contribution in [-0.2, 0) is 5.60 Å². The maximum atomic E-state index is 10.4. The molecule has 0 amide bonds. The zero-order chi connectivity index (χ0) is 12.9. The Kier molecular flexibility index (Phi) is 5.37. The predicted molar refractivity (Wildman–Crippen MR) is 75.3 cm³/mol. The largest absolute Gasteiger partial charge is 0.384 e. The average Bonchev–Trinajstić information content (AvgIpc) is 2.80. The lowest BCUT2D eigenvalue weighted by atomic mass is 9.96. The quantitative estimate of drug-likeness (QED) is 0.732. The fourth-order valence-corrected chi connectivity index (χ4v) is 2.48. The molecule has 1 aromatic rings. The molecule has 0 fully saturated rings. The minimum atomic E-state index is -0.790. The highest BCUT2D eigenvalue weighted by molar-refractivity contribution is 7.08. The fraction of sp³-hybridized carbons (Fsp3) is 0.571. The van der Waals surface area contributed by atoms with Gasteiger partial charge in [0.25, 0.3) is 0 Å². The molecule has 2 nitrogen and oxygen atoms in total. The van der Waals surface area contributed by atoms with E-state index in [1.165, 1.54) is 0 Å². The molecule has 0 aliphatic heterocycles. The molecule has 1 aromatic heterocycles. The van der Waals surface area contributed by atoms with Crippen LogP contribution in [0.4, 0.5) is 0 Å². The van der Waals surface area contributed by atoms with Crippen LogP contribution < -0.4 is 5.32 Å². The summed E-state index contributed by atoms with van der Waals surface area (Å²) in [6.45, 7) is 10.5. The second-order valence-corrected chi connectivity index (χ2v) is 5.74. The summed E-state index contributed by atoms with van der Waals surface area (Å²) in [4.78, 5) is 0. The monoisotopic (exact) mass is 253 g/mol. The molecular formula is C14H23NOS. The van der Waals surface area contributed by atoms with Crippen molar-refractivity contribution >= 4 is 11.3 Å². The Labute approximate surface area is 108 Å². The zero-order valence-corrected chi connectivity index (χ0v) is 11.8. The molecule has 0 spiro atoms. The van der Waals surface area contributed by atoms with Crippen molar-refractivity contribution in [1.82, 2.24) is 5.32 Å². The molecule has 0 saturated heterocycles. The van der Waals surface area contributed by atoms with Crippen molar-refractivity contribution in [3.8, 4) is 0 Å². The van der Waals surface area contributed by atoms with Gasteiger partial charge in [0.05, 0.1) is 5.60 Å². The van der Waals surface area contributed by atoms with E-state index in [4.69, 9.17) is 0 Å². The van der Waals surface area contributed by atoms with E-state index in [1.807, 2.05) is 29.8 Å². The van der Waals surface area contributed by atoms with Gasteiger partial charge in [0.2, 0.25) is 0 Å². The molecule has 0 bridgehead atoms. The van der Waals surface area contributed by atoms with Crippen LogP contribution in [0.3, 0.4) is 0 Å². The van der Waals surface area contributed by atoms with Crippen LogP contribution in [0, 0.1) is 5.92 Å². The first-order chi connectivity index (χ1) is 7.97. The Morgan fingerprint density at radius 2 is 2.29 bits per heavy atom. The van der Waals surface area contributed by atoms with Crippen LogP contribution in [-0.4, -0.2) is 17.7 Å². The number of aliphatic hydroxyl groups is 1. The van der Waals surface area contributed by atoms with Gasteiger partial charge in [0.1, 0.15) is 0 Å². The Hall–Kier alpha value is -0.640. The third kappa shape index (κ3) is 4.26. The lowest BCUT2D eigenvalue weighted by Gasteiger charge is -2.27. The molecule has 0 aliphatic rings. The summed E-state index contributed by atoms with van der Waals surface area (Å²) in [6.07, 6.45) is 2.94. The Bertz CT molecular complexity index is 332. The molecule has 0 saturated carbocycles. The molecule has 17 heavy (non-hydrogen) atoms. The first-order valence-electron chi connectivity index (χ1n) is 6.06. The number of hydrogen-bond donors (Lipinski definition) is 2. The number of thiophene rings is 1. The highest BCUT2D eigenvalue weighted by atomic mass is 32.1. The van der Waals surface area contributed by atoms with Crippen LogP contribution >= 0.6 is 11.3 Å². The molecule has 3 atom stereocenters. The number of hydrogen-bond acceptors (Lipinski definition) is 3. The van der Waals surface area contributed by atoms with Crippen molar-refractivity contribution in [3.05, 3.63) is 35.0 Å². The van der Waals surface area contributed by atoms with E-state index in [0.717, 1.165) is 12.0 Å². The third-order valence-electron chi connectivity index (χ3n) is 3.30. The average molecular weight is 253 g/mol. The standard InChI is InChI=1S/C14H23NOS/c1-5-6-11(2)12(3)15-10-14(4,16)13-7-8-17-9-13/h5,7-9,11-12,15-16H,1,6,10H2,2-4H3. The summed E-state index contributed by atoms with van der Waals surface area (Å²) in [5.74, 6) is 0.533. The van der Waals surface area contributed by atoms with Crippen LogP contribution in [0.5, 0.6) is 0 Å². The van der Waals surface area contributed by atoms with Gasteiger partial charge in [0, 0.05) is 12.6 Å². The van der Waals surface area contributed by atoms with Crippen LogP contribution in [0.1, 0.15) is 32.8 Å². The molecule has 0 radical (unpaired) electrons. The van der Waals surface area contributed by atoms with Gasteiger partial charge in [-0.05, 0) is 48.6 Å². The summed E-state index contributed by atoms with van der Waals surface area (Å²) in [5, 5.41) is 17.8. The van der Waals surface area contributed by atoms with Gasteiger partial charge in [-0.3, -0.25) is 0 Å². The molecule has 3 unspecified atom stereocenters. The van der Waals surface area contributed by atoms with Gasteiger partial charge in [-0.15, -0.1) is 6.58 Å².